The van der Waals surface area contributed by atoms with E-state index in [0.29, 0.717) is 25.8 Å². The Hall–Kier alpha value is -2.58. The number of carbonyl (C=O) groups is 2. The fourth-order valence-electron chi connectivity index (χ4n) is 5.11. The summed E-state index contributed by atoms with van der Waals surface area (Å²) in [6.07, 6.45) is 3.21. The second-order valence-electron chi connectivity index (χ2n) is 9.48. The predicted molar refractivity (Wildman–Crippen MR) is 134 cm³/mol. The van der Waals surface area contributed by atoms with Gasteiger partial charge >= 0.3 is 0 Å². The molecule has 2 aromatic carbocycles. The fraction of sp³-hybridized carbons (Fsp3) is 0.462. The minimum absolute atomic E-state index is 0.0406. The fourth-order valence-corrected chi connectivity index (χ4v) is 5.70. The van der Waals surface area contributed by atoms with E-state index in [1.165, 1.54) is 0 Å². The lowest BCUT2D eigenvalue weighted by molar-refractivity contribution is -0.121. The smallest absolute Gasteiger partial charge is 0.254 e. The summed E-state index contributed by atoms with van der Waals surface area (Å²) in [5.74, 6) is 0.845. The van der Waals surface area contributed by atoms with Crippen LogP contribution in [0.4, 0.5) is 11.4 Å². The third-order valence-electron chi connectivity index (χ3n) is 7.21. The lowest BCUT2D eigenvalue weighted by Gasteiger charge is -2.34. The van der Waals surface area contributed by atoms with Crippen molar-refractivity contribution >= 4 is 39.1 Å². The number of rotatable bonds is 6. The molecule has 1 saturated heterocycles. The normalized spacial score (nSPS) is 22.2. The minimum Gasteiger partial charge on any atom is -0.496 e. The molecule has 1 aliphatic carbocycles. The zero-order valence-electron chi connectivity index (χ0n) is 19.5. The van der Waals surface area contributed by atoms with Crippen molar-refractivity contribution in [1.82, 2.24) is 4.90 Å². The van der Waals surface area contributed by atoms with Crippen LogP contribution in [0.1, 0.15) is 47.2 Å². The molecule has 3 aliphatic rings. The molecule has 0 spiro atoms. The monoisotopic (exact) mass is 527 g/mol. The highest BCUT2D eigenvalue weighted by Crippen LogP contribution is 2.38. The summed E-state index contributed by atoms with van der Waals surface area (Å²) in [6, 6.07) is 10.2. The van der Waals surface area contributed by atoms with Crippen LogP contribution in [0.15, 0.2) is 34.8 Å². The van der Waals surface area contributed by atoms with Gasteiger partial charge in [-0.25, -0.2) is 0 Å². The van der Waals surface area contributed by atoms with E-state index in [4.69, 9.17) is 9.47 Å². The van der Waals surface area contributed by atoms with E-state index in [1.54, 1.807) is 7.11 Å². The highest BCUT2D eigenvalue weighted by atomic mass is 79.9. The molecular weight excluding hydrogens is 498 g/mol. The van der Waals surface area contributed by atoms with Gasteiger partial charge in [-0.1, -0.05) is 22.0 Å². The van der Waals surface area contributed by atoms with Crippen molar-refractivity contribution in [2.45, 2.75) is 51.2 Å². The quantitative estimate of drug-likeness (QED) is 0.567. The third-order valence-corrected chi connectivity index (χ3v) is 7.92. The van der Waals surface area contributed by atoms with Crippen LogP contribution in [0.25, 0.3) is 0 Å². The molecule has 2 aliphatic heterocycles. The Bertz CT molecular complexity index is 1110. The van der Waals surface area contributed by atoms with Gasteiger partial charge in [0, 0.05) is 46.0 Å². The molecule has 2 aromatic rings. The van der Waals surface area contributed by atoms with Gasteiger partial charge in [0.05, 0.1) is 26.4 Å². The third kappa shape index (κ3) is 4.53. The molecule has 2 N–H and O–H groups in total. The van der Waals surface area contributed by atoms with Gasteiger partial charge in [0.1, 0.15) is 5.75 Å². The maximum absolute atomic E-state index is 13.3. The number of hydrogen-bond acceptors (Lipinski definition) is 5. The summed E-state index contributed by atoms with van der Waals surface area (Å²) in [7, 11) is 1.63. The van der Waals surface area contributed by atoms with Crippen LogP contribution >= 0.6 is 15.9 Å². The lowest BCUT2D eigenvalue weighted by atomic mass is 9.84. The lowest BCUT2D eigenvalue weighted by Crippen LogP contribution is -2.40. The standard InChI is InChI=1S/C26H30BrN3O4/c1-15-3-6-17(11-24(15)33-2)29-25(31)16-4-7-20(8-5-16)30-12-22-21(26(30)32)9-18(10-23(22)27)28-19-13-34-14-19/h3,6,9-11,16,19-20,28H,4-5,7-8,12-14H2,1-2H3,(H,29,31). The Morgan fingerprint density at radius 2 is 1.88 bits per heavy atom. The Balaban J connectivity index is 1.19. The molecule has 0 radical (unpaired) electrons. The van der Waals surface area contributed by atoms with Gasteiger partial charge in [-0.2, -0.15) is 0 Å². The van der Waals surface area contributed by atoms with E-state index < -0.39 is 0 Å². The summed E-state index contributed by atoms with van der Waals surface area (Å²) in [5, 5.41) is 6.47. The number of carbonyl (C=O) groups excluding carboxylic acids is 2. The van der Waals surface area contributed by atoms with Gasteiger partial charge in [0.15, 0.2) is 0 Å². The molecule has 2 fully saturated rings. The van der Waals surface area contributed by atoms with Crippen molar-refractivity contribution in [2.24, 2.45) is 5.92 Å². The van der Waals surface area contributed by atoms with Gasteiger partial charge in [-0.15, -0.1) is 0 Å². The summed E-state index contributed by atoms with van der Waals surface area (Å²) in [6.45, 7) is 3.99. The van der Waals surface area contributed by atoms with Crippen LogP contribution in [0, 0.1) is 12.8 Å². The predicted octanol–water partition coefficient (Wildman–Crippen LogP) is 4.73. The Morgan fingerprint density at radius 1 is 1.12 bits per heavy atom. The average molecular weight is 528 g/mol. The molecule has 7 nitrogen and oxygen atoms in total. The second-order valence-corrected chi connectivity index (χ2v) is 10.3. The number of fused-ring (bicyclic) bond motifs is 1. The van der Waals surface area contributed by atoms with E-state index in [-0.39, 0.29) is 23.8 Å². The van der Waals surface area contributed by atoms with Crippen LogP contribution in [0.3, 0.4) is 0 Å². The van der Waals surface area contributed by atoms with Crippen LogP contribution < -0.4 is 15.4 Å². The highest BCUT2D eigenvalue weighted by molar-refractivity contribution is 9.10. The molecule has 0 unspecified atom stereocenters. The number of nitrogens with zero attached hydrogens (tertiary/aromatic N) is 1. The van der Waals surface area contributed by atoms with E-state index in [9.17, 15) is 9.59 Å². The number of nitrogens with one attached hydrogen (secondary N) is 2. The second kappa shape index (κ2) is 9.58. The number of methoxy groups -OCH3 is 1. The summed E-state index contributed by atoms with van der Waals surface area (Å²) < 4.78 is 11.6. The Kier molecular flexibility index (Phi) is 6.53. The molecule has 0 bridgehead atoms. The van der Waals surface area contributed by atoms with Crippen molar-refractivity contribution < 1.29 is 19.1 Å². The van der Waals surface area contributed by atoms with Gasteiger partial charge in [-0.3, -0.25) is 9.59 Å². The molecule has 0 atom stereocenters. The van der Waals surface area contributed by atoms with Crippen molar-refractivity contribution in [3.63, 3.8) is 0 Å². The minimum atomic E-state index is -0.0455. The maximum atomic E-state index is 13.3. The highest BCUT2D eigenvalue weighted by Gasteiger charge is 2.37. The van der Waals surface area contributed by atoms with Gasteiger partial charge < -0.3 is 25.0 Å². The molecule has 1 saturated carbocycles. The number of ether oxygens (including phenoxy) is 2. The number of anilines is 2. The molecule has 8 heteroatoms. The van der Waals surface area contributed by atoms with Crippen molar-refractivity contribution in [3.8, 4) is 5.75 Å². The van der Waals surface area contributed by atoms with E-state index in [2.05, 4.69) is 32.6 Å². The van der Waals surface area contributed by atoms with Crippen LogP contribution in [0.2, 0.25) is 0 Å². The Morgan fingerprint density at radius 3 is 2.56 bits per heavy atom. The van der Waals surface area contributed by atoms with E-state index >= 15 is 0 Å². The SMILES string of the molecule is COc1cc(NC(=O)C2CCC(N3Cc4c(Br)cc(NC5COC5)cc4C3=O)CC2)ccc1C. The van der Waals surface area contributed by atoms with Gasteiger partial charge in [0.25, 0.3) is 5.91 Å². The zero-order chi connectivity index (χ0) is 23.8. The summed E-state index contributed by atoms with van der Waals surface area (Å²) in [5.41, 5.74) is 4.55. The maximum Gasteiger partial charge on any atom is 0.254 e. The molecule has 180 valence electrons. The summed E-state index contributed by atoms with van der Waals surface area (Å²) >= 11 is 3.67. The van der Waals surface area contributed by atoms with Gasteiger partial charge in [0.2, 0.25) is 5.91 Å². The first-order valence-electron chi connectivity index (χ1n) is 11.9. The first-order valence-corrected chi connectivity index (χ1v) is 12.7. The molecular formula is C26H30BrN3O4. The first-order chi connectivity index (χ1) is 16.4. The van der Waals surface area contributed by atoms with Crippen LogP contribution in [-0.2, 0) is 16.1 Å². The van der Waals surface area contributed by atoms with Crippen molar-refractivity contribution in [2.75, 3.05) is 31.0 Å². The largest absolute Gasteiger partial charge is 0.496 e. The van der Waals surface area contributed by atoms with Crippen LogP contribution in [-0.4, -0.2) is 49.1 Å². The Labute approximate surface area is 208 Å². The summed E-state index contributed by atoms with van der Waals surface area (Å²) in [4.78, 5) is 28.1. The first kappa shape index (κ1) is 23.2. The van der Waals surface area contributed by atoms with Crippen molar-refractivity contribution in [1.29, 1.82) is 0 Å². The average Bonchev–Trinajstić information content (AvgIpc) is 3.14. The number of benzene rings is 2. The molecule has 5 rings (SSSR count). The number of halogens is 1. The molecule has 2 heterocycles. The van der Waals surface area contributed by atoms with Crippen LogP contribution in [0.5, 0.6) is 5.75 Å². The number of amides is 2. The number of aryl methyl sites for hydroxylation is 1. The molecule has 0 aromatic heterocycles. The van der Waals surface area contributed by atoms with Gasteiger partial charge in [-0.05, 0) is 61.9 Å². The molecule has 2 amide bonds. The van der Waals surface area contributed by atoms with E-state index in [0.717, 1.165) is 64.0 Å². The zero-order valence-corrected chi connectivity index (χ0v) is 21.1. The molecule has 34 heavy (non-hydrogen) atoms. The topological polar surface area (TPSA) is 79.9 Å². The number of hydrogen-bond donors (Lipinski definition) is 2. The van der Waals surface area contributed by atoms with Crippen molar-refractivity contribution in [3.05, 3.63) is 51.5 Å². The van der Waals surface area contributed by atoms with E-state index in [1.807, 2.05) is 36.1 Å².